The second kappa shape index (κ2) is 27.3. The lowest BCUT2D eigenvalue weighted by Gasteiger charge is -2.50. The van der Waals surface area contributed by atoms with E-state index in [1.165, 1.54) is 16.7 Å². The SMILES string of the molecule is O=C(NC1C(=O)N2C(C(=O)OC(c3ccccc3)c3ccccc3)=C(Sc3cccnc3CSC3CCNC3)CCC12)C(=NOC(c1ccccc1)(c1ccccc1)c1ccccc1)c1nc(NC(c2ccccc2)(c2ccccc2)c2ccccc2)sc1Cl. The molecule has 8 aromatic carbocycles. The van der Waals surface area contributed by atoms with Gasteiger partial charge in [-0.3, -0.25) is 19.5 Å². The van der Waals surface area contributed by atoms with E-state index in [4.69, 9.17) is 36.3 Å². The van der Waals surface area contributed by atoms with E-state index < -0.39 is 47.1 Å². The summed E-state index contributed by atoms with van der Waals surface area (Å²) in [6.45, 7) is 1.92. The number of allylic oxidation sites excluding steroid dienone is 1. The highest BCUT2D eigenvalue weighted by Gasteiger charge is 2.55. The number of anilines is 1. The van der Waals surface area contributed by atoms with Gasteiger partial charge in [0.15, 0.2) is 16.9 Å². The van der Waals surface area contributed by atoms with Crippen molar-refractivity contribution >= 4 is 75.1 Å². The van der Waals surface area contributed by atoms with Crippen molar-refractivity contribution in [3.63, 3.8) is 0 Å². The van der Waals surface area contributed by atoms with Gasteiger partial charge < -0.3 is 25.5 Å². The fourth-order valence-electron chi connectivity index (χ4n) is 12.2. The molecule has 3 N–H and O–H groups in total. The van der Waals surface area contributed by atoms with Gasteiger partial charge in [-0.1, -0.05) is 283 Å². The maximum absolute atomic E-state index is 15.9. The van der Waals surface area contributed by atoms with Crippen LogP contribution in [0.2, 0.25) is 4.34 Å². The van der Waals surface area contributed by atoms with Crippen LogP contribution in [-0.2, 0) is 40.9 Å². The summed E-state index contributed by atoms with van der Waals surface area (Å²) < 4.78 is 6.75. The van der Waals surface area contributed by atoms with Crippen LogP contribution in [0.5, 0.6) is 0 Å². The molecule has 0 radical (unpaired) electrons. The molecule has 2 saturated heterocycles. The highest BCUT2D eigenvalue weighted by atomic mass is 35.5. The summed E-state index contributed by atoms with van der Waals surface area (Å²) in [6, 6.07) is 80.7. The van der Waals surface area contributed by atoms with Gasteiger partial charge in [0.25, 0.3) is 11.8 Å². The van der Waals surface area contributed by atoms with Crippen LogP contribution in [0.4, 0.5) is 5.13 Å². The van der Waals surface area contributed by atoms with E-state index in [0.29, 0.717) is 33.9 Å². The summed E-state index contributed by atoms with van der Waals surface area (Å²) in [7, 11) is 0. The molecule has 0 bridgehead atoms. The number of thioether (sulfide) groups is 2. The van der Waals surface area contributed by atoms with Gasteiger partial charge in [0.05, 0.1) is 11.7 Å². The number of thiazole rings is 1. The normalized spacial score (nSPS) is 16.7. The van der Waals surface area contributed by atoms with Crippen LogP contribution in [-0.4, -0.2) is 68.8 Å². The predicted molar refractivity (Wildman–Crippen MR) is 359 cm³/mol. The zero-order valence-electron chi connectivity index (χ0n) is 48.8. The first-order valence-electron chi connectivity index (χ1n) is 29.9. The Kier molecular flexibility index (Phi) is 18.2. The quantitative estimate of drug-likeness (QED) is 0.0196. The fraction of sp³-hybridized carbons (Fsp3) is 0.162. The minimum absolute atomic E-state index is 0.0189. The van der Waals surface area contributed by atoms with Crippen LogP contribution >= 0.6 is 46.5 Å². The molecule has 0 aliphatic carbocycles. The van der Waals surface area contributed by atoms with Crippen molar-refractivity contribution in [3.05, 3.63) is 332 Å². The Labute approximate surface area is 540 Å². The number of rotatable bonds is 22. The molecule has 2 aromatic heterocycles. The van der Waals surface area contributed by atoms with Crippen molar-refractivity contribution in [2.45, 2.75) is 64.5 Å². The Morgan fingerprint density at radius 3 is 1.67 bits per heavy atom. The molecule has 16 heteroatoms. The molecule has 3 aliphatic heterocycles. The first-order valence-corrected chi connectivity index (χ1v) is 33.0. The number of carbonyl (C=O) groups is 3. The Hall–Kier alpha value is -9.09. The molecule has 3 unspecified atom stereocenters. The summed E-state index contributed by atoms with van der Waals surface area (Å²) >= 11 is 11.9. The van der Waals surface area contributed by atoms with Crippen LogP contribution in [0.3, 0.4) is 0 Å². The average molecular weight is 1260 g/mol. The molecule has 448 valence electrons. The Morgan fingerprint density at radius 1 is 0.667 bits per heavy atom. The Morgan fingerprint density at radius 2 is 1.17 bits per heavy atom. The van der Waals surface area contributed by atoms with Gasteiger partial charge in [0, 0.05) is 50.2 Å². The van der Waals surface area contributed by atoms with Gasteiger partial charge in [-0.05, 0) is 65.8 Å². The third-order valence-corrected chi connectivity index (χ3v) is 20.3. The van der Waals surface area contributed by atoms with E-state index in [9.17, 15) is 0 Å². The van der Waals surface area contributed by atoms with Crippen LogP contribution in [0.1, 0.15) is 81.3 Å². The predicted octanol–water partition coefficient (Wildman–Crippen LogP) is 14.7. The number of nitrogens with one attached hydrogen (secondary N) is 3. The lowest BCUT2D eigenvalue weighted by Crippen LogP contribution is -2.72. The molecule has 12 nitrogen and oxygen atoms in total. The minimum Gasteiger partial charge on any atom is -0.448 e. The number of pyridine rings is 1. The molecule has 2 amide bonds. The first-order chi connectivity index (χ1) is 44.3. The Balaban J connectivity index is 0.898. The molecule has 90 heavy (non-hydrogen) atoms. The van der Waals surface area contributed by atoms with E-state index >= 15 is 14.4 Å². The molecular weight excluding hydrogens is 1200 g/mol. The number of β-lactam (4-membered cyclic amide) rings is 1. The standard InChI is InChI=1S/C74H62ClN7O5S3/c75-68-64(79-72(90-68)80-73(52-30-13-3-14-31-52,53-32-15-4-16-33-53)54-34-17-5-18-35-54)65(81-87-74(55-36-19-6-20-37-55,56-38-21-7-22-39-56)57-40-23-8-24-41-57)69(83)78-63-60-43-44-62(89-61-42-25-46-77-59(61)49-88-58-45-47-76-48-58)66(82(60)70(63)84)71(85)86-67(50-26-9-1-10-27-50)51-28-11-2-12-29-51/h1-42,46,58,60,63,67,76H,43-45,47-49H2,(H,78,83)(H,79,80). The molecule has 2 fully saturated rings. The number of hydrogen-bond acceptors (Lipinski definition) is 13. The molecule has 10 aromatic rings. The number of carbonyl (C=O) groups excluding carboxylic acids is 3. The van der Waals surface area contributed by atoms with Crippen molar-refractivity contribution in [3.8, 4) is 0 Å². The number of nitrogens with zero attached hydrogens (tertiary/aromatic N) is 4. The lowest BCUT2D eigenvalue weighted by atomic mass is 9.77. The number of benzene rings is 8. The molecular formula is C74H62ClN7O5S3. The van der Waals surface area contributed by atoms with Crippen LogP contribution in [0.25, 0.3) is 0 Å². The average Bonchev–Trinajstić information content (AvgIpc) is 0.800. The molecule has 0 spiro atoms. The Bertz CT molecular complexity index is 3940. The number of hydrogen-bond donors (Lipinski definition) is 3. The van der Waals surface area contributed by atoms with Gasteiger partial charge >= 0.3 is 5.97 Å². The lowest BCUT2D eigenvalue weighted by molar-refractivity contribution is -0.158. The van der Waals surface area contributed by atoms with Crippen molar-refractivity contribution in [1.82, 2.24) is 25.5 Å². The van der Waals surface area contributed by atoms with Crippen LogP contribution < -0.4 is 16.0 Å². The third-order valence-electron chi connectivity index (χ3n) is 16.6. The van der Waals surface area contributed by atoms with Crippen LogP contribution in [0.15, 0.2) is 282 Å². The zero-order chi connectivity index (χ0) is 61.3. The first kappa shape index (κ1) is 59.9. The number of amides is 2. The smallest absolute Gasteiger partial charge is 0.356 e. The number of halogens is 1. The summed E-state index contributed by atoms with van der Waals surface area (Å²) in [5.74, 6) is -1.26. The topological polar surface area (TPSA) is 147 Å². The van der Waals surface area contributed by atoms with E-state index in [2.05, 4.69) is 52.3 Å². The summed E-state index contributed by atoms with van der Waals surface area (Å²) in [6.07, 6.45) is 2.86. The van der Waals surface area contributed by atoms with Gasteiger partial charge in [-0.15, -0.1) is 0 Å². The number of aromatic nitrogens is 2. The highest BCUT2D eigenvalue weighted by Crippen LogP contribution is 2.47. The molecule has 5 heterocycles. The van der Waals surface area contributed by atoms with Gasteiger partial charge in [-0.2, -0.15) is 11.8 Å². The monoisotopic (exact) mass is 1260 g/mol. The number of oxime groups is 1. The van der Waals surface area contributed by atoms with Crippen molar-refractivity contribution in [2.24, 2.45) is 5.16 Å². The molecule has 3 atom stereocenters. The second-order valence-corrected chi connectivity index (χ2v) is 26.1. The van der Waals surface area contributed by atoms with Crippen LogP contribution in [0, 0.1) is 0 Å². The fourth-order valence-corrected chi connectivity index (χ4v) is 15.7. The van der Waals surface area contributed by atoms with Gasteiger partial charge in [-0.25, -0.2) is 9.78 Å². The van der Waals surface area contributed by atoms with E-state index in [1.54, 1.807) is 6.20 Å². The minimum atomic E-state index is -1.43. The molecule has 0 saturated carbocycles. The summed E-state index contributed by atoms with van der Waals surface area (Å²) in [5, 5.41) is 16.2. The molecule has 3 aliphatic rings. The number of esters is 1. The van der Waals surface area contributed by atoms with E-state index in [0.717, 1.165) is 85.9 Å². The summed E-state index contributed by atoms with van der Waals surface area (Å²) in [5.41, 5.74) is 4.81. The maximum atomic E-state index is 15.9. The van der Waals surface area contributed by atoms with Crippen molar-refractivity contribution < 1.29 is 24.0 Å². The van der Waals surface area contributed by atoms with Gasteiger partial charge in [0.1, 0.15) is 27.3 Å². The maximum Gasteiger partial charge on any atom is 0.356 e. The van der Waals surface area contributed by atoms with Crippen molar-refractivity contribution in [2.75, 3.05) is 18.4 Å². The van der Waals surface area contributed by atoms with E-state index in [1.807, 2.05) is 230 Å². The number of ether oxygens (including phenoxy) is 1. The van der Waals surface area contributed by atoms with Crippen molar-refractivity contribution in [1.29, 1.82) is 0 Å². The zero-order valence-corrected chi connectivity index (χ0v) is 52.0. The highest BCUT2D eigenvalue weighted by molar-refractivity contribution is 8.03. The second-order valence-electron chi connectivity index (χ2n) is 22.0. The van der Waals surface area contributed by atoms with E-state index in [-0.39, 0.29) is 21.4 Å². The summed E-state index contributed by atoms with van der Waals surface area (Å²) in [4.78, 5) is 66.8. The third kappa shape index (κ3) is 12.2. The molecule has 13 rings (SSSR count). The number of fused-ring (bicyclic) bond motifs is 1. The van der Waals surface area contributed by atoms with Gasteiger partial charge in [0.2, 0.25) is 5.60 Å². The largest absolute Gasteiger partial charge is 0.448 e.